The van der Waals surface area contributed by atoms with E-state index in [-0.39, 0.29) is 22.6 Å². The number of hydrogen-bond donors (Lipinski definition) is 4. The third kappa shape index (κ3) is 5.90. The zero-order valence-electron chi connectivity index (χ0n) is 21.3. The van der Waals surface area contributed by atoms with Crippen LogP contribution in [0.3, 0.4) is 0 Å². The van der Waals surface area contributed by atoms with Crippen molar-refractivity contribution in [3.8, 4) is 39.0 Å². The summed E-state index contributed by atoms with van der Waals surface area (Å²) in [5.74, 6) is -3.98. The van der Waals surface area contributed by atoms with E-state index in [1.165, 1.54) is 34.0 Å². The van der Waals surface area contributed by atoms with E-state index in [0.29, 0.717) is 22.3 Å². The van der Waals surface area contributed by atoms with Crippen LogP contribution in [0.5, 0.6) is 0 Å². The Morgan fingerprint density at radius 3 is 1.22 bits per heavy atom. The van der Waals surface area contributed by atoms with Crippen LogP contribution in [0.1, 0.15) is 41.6 Å². The van der Waals surface area contributed by atoms with Gasteiger partial charge in [-0.3, -0.25) is 9.59 Å². The lowest BCUT2D eigenvalue weighted by molar-refractivity contribution is -0.137. The second-order valence-corrected chi connectivity index (χ2v) is 14.4. The second-order valence-electron chi connectivity index (χ2n) is 9.09. The summed E-state index contributed by atoms with van der Waals surface area (Å²) in [6, 6.07) is 10.9. The molecule has 0 aliphatic carbocycles. The zero-order chi connectivity index (χ0) is 29.6. The lowest BCUT2D eigenvalue weighted by Crippen LogP contribution is -1.99. The van der Waals surface area contributed by atoms with Crippen molar-refractivity contribution >= 4 is 80.6 Å². The Bertz CT molecular complexity index is 1710. The van der Waals surface area contributed by atoms with Crippen molar-refractivity contribution in [1.29, 1.82) is 0 Å². The Kier molecular flexibility index (Phi) is 7.99. The Balaban J connectivity index is 1.57. The number of thiophene rings is 5. The maximum Gasteiger partial charge on any atom is 0.346 e. The fourth-order valence-corrected chi connectivity index (χ4v) is 10.1. The van der Waals surface area contributed by atoms with Crippen LogP contribution in [-0.2, 0) is 22.4 Å². The van der Waals surface area contributed by atoms with Crippen LogP contribution < -0.4 is 0 Å². The summed E-state index contributed by atoms with van der Waals surface area (Å²) >= 11 is 6.50. The van der Waals surface area contributed by atoms with Crippen molar-refractivity contribution in [2.24, 2.45) is 0 Å². The van der Waals surface area contributed by atoms with E-state index < -0.39 is 23.9 Å². The minimum atomic E-state index is -1.01. The van der Waals surface area contributed by atoms with Gasteiger partial charge in [0.15, 0.2) is 0 Å². The van der Waals surface area contributed by atoms with Crippen LogP contribution in [0.25, 0.3) is 39.0 Å². The molecule has 13 heteroatoms. The summed E-state index contributed by atoms with van der Waals surface area (Å²) in [5.41, 5.74) is 2.51. The van der Waals surface area contributed by atoms with Gasteiger partial charge in [0, 0.05) is 39.0 Å². The summed E-state index contributed by atoms with van der Waals surface area (Å²) in [6.07, 6.45) is -0.404. The summed E-state index contributed by atoms with van der Waals surface area (Å²) < 4.78 is 0. The zero-order valence-corrected chi connectivity index (χ0v) is 25.4. The minimum Gasteiger partial charge on any atom is -0.481 e. The van der Waals surface area contributed by atoms with Gasteiger partial charge < -0.3 is 20.4 Å². The van der Waals surface area contributed by atoms with E-state index in [2.05, 4.69) is 0 Å². The van der Waals surface area contributed by atoms with Gasteiger partial charge in [-0.2, -0.15) is 0 Å². The molecule has 41 heavy (non-hydrogen) atoms. The number of aromatic carboxylic acids is 2. The minimum absolute atomic E-state index is 0.202. The molecule has 0 aliphatic rings. The van der Waals surface area contributed by atoms with E-state index in [9.17, 15) is 39.6 Å². The van der Waals surface area contributed by atoms with Gasteiger partial charge in [0.1, 0.15) is 9.75 Å². The molecule has 5 rings (SSSR count). The first-order chi connectivity index (χ1) is 19.4. The van der Waals surface area contributed by atoms with Crippen LogP contribution in [0.4, 0.5) is 0 Å². The monoisotopic (exact) mass is 644 g/mol. The van der Waals surface area contributed by atoms with Gasteiger partial charge in [-0.25, -0.2) is 9.59 Å². The Labute approximate surface area is 253 Å². The van der Waals surface area contributed by atoms with Crippen LogP contribution >= 0.6 is 56.7 Å². The average Bonchev–Trinajstić information content (AvgIpc) is 3.67. The first-order valence-electron chi connectivity index (χ1n) is 11.9. The van der Waals surface area contributed by atoms with Gasteiger partial charge in [-0.1, -0.05) is 0 Å². The number of carboxylic acid groups (broad SMARTS) is 4. The van der Waals surface area contributed by atoms with Crippen molar-refractivity contribution in [3.63, 3.8) is 0 Å². The van der Waals surface area contributed by atoms with Gasteiger partial charge in [0.2, 0.25) is 0 Å². The highest BCUT2D eigenvalue weighted by molar-refractivity contribution is 7.30. The summed E-state index contributed by atoms with van der Waals surface area (Å²) in [6.45, 7) is 3.46. The summed E-state index contributed by atoms with van der Waals surface area (Å²) in [4.78, 5) is 53.1. The molecule has 0 spiro atoms. The molecule has 0 unspecified atom stereocenters. The fourth-order valence-electron chi connectivity index (χ4n) is 4.32. The van der Waals surface area contributed by atoms with E-state index in [1.807, 2.05) is 12.1 Å². The molecule has 8 nitrogen and oxygen atoms in total. The van der Waals surface area contributed by atoms with Crippen molar-refractivity contribution in [2.75, 3.05) is 0 Å². The predicted octanol–water partition coefficient (Wildman–Crippen LogP) is 7.93. The molecule has 0 fully saturated rings. The van der Waals surface area contributed by atoms with Crippen molar-refractivity contribution in [1.82, 2.24) is 0 Å². The molecule has 0 saturated carbocycles. The van der Waals surface area contributed by atoms with Gasteiger partial charge >= 0.3 is 23.9 Å². The highest BCUT2D eigenvalue weighted by atomic mass is 32.1. The second kappa shape index (κ2) is 11.3. The Morgan fingerprint density at radius 1 is 0.537 bits per heavy atom. The lowest BCUT2D eigenvalue weighted by Gasteiger charge is -1.99. The normalized spacial score (nSPS) is 11.2. The summed E-state index contributed by atoms with van der Waals surface area (Å²) in [7, 11) is 0. The quantitative estimate of drug-likeness (QED) is 0.120. The van der Waals surface area contributed by atoms with Crippen LogP contribution in [-0.4, -0.2) is 44.3 Å². The highest BCUT2D eigenvalue weighted by Crippen LogP contribution is 2.48. The maximum atomic E-state index is 11.7. The van der Waals surface area contributed by atoms with Gasteiger partial charge in [-0.15, -0.1) is 56.7 Å². The molecule has 5 aromatic heterocycles. The molecule has 210 valence electrons. The molecule has 0 radical (unpaired) electrons. The number of aliphatic carboxylic acids is 2. The summed E-state index contributed by atoms with van der Waals surface area (Å²) in [5, 5.41) is 38.0. The van der Waals surface area contributed by atoms with E-state index in [0.717, 1.165) is 61.7 Å². The third-order valence-electron chi connectivity index (χ3n) is 6.06. The van der Waals surface area contributed by atoms with Crippen LogP contribution in [0.2, 0.25) is 0 Å². The van der Waals surface area contributed by atoms with E-state index >= 15 is 0 Å². The Hall–Kier alpha value is -3.62. The van der Waals surface area contributed by atoms with Crippen molar-refractivity contribution in [2.45, 2.75) is 26.7 Å². The smallest absolute Gasteiger partial charge is 0.346 e. The molecular weight excluding hydrogens is 625 g/mol. The predicted molar refractivity (Wildman–Crippen MR) is 164 cm³/mol. The van der Waals surface area contributed by atoms with E-state index in [1.54, 1.807) is 38.1 Å². The first kappa shape index (κ1) is 28.9. The lowest BCUT2D eigenvalue weighted by atomic mass is 10.1. The van der Waals surface area contributed by atoms with Crippen LogP contribution in [0, 0.1) is 13.8 Å². The maximum absolute atomic E-state index is 11.7. The SMILES string of the molecule is Cc1cc(-c2cc(CC(=O)O)c(-c3ccc(-c4sc(-c5cc(C)c(C(=O)O)s5)cc4CC(=O)O)s3)s2)sc1C(=O)O. The van der Waals surface area contributed by atoms with Gasteiger partial charge in [0.25, 0.3) is 0 Å². The first-order valence-corrected chi connectivity index (χ1v) is 16.0. The number of carboxylic acids is 4. The molecule has 0 aromatic carbocycles. The number of carbonyl (C=O) groups is 4. The molecule has 4 N–H and O–H groups in total. The average molecular weight is 645 g/mol. The largest absolute Gasteiger partial charge is 0.481 e. The molecule has 0 bridgehead atoms. The van der Waals surface area contributed by atoms with Crippen molar-refractivity contribution < 1.29 is 39.6 Å². The van der Waals surface area contributed by atoms with Gasteiger partial charge in [0.05, 0.1) is 12.8 Å². The highest BCUT2D eigenvalue weighted by Gasteiger charge is 2.23. The molecule has 0 aliphatic heterocycles. The molecule has 0 atom stereocenters. The number of hydrogen-bond acceptors (Lipinski definition) is 9. The fraction of sp³-hybridized carbons (Fsp3) is 0.143. The molecule has 5 aromatic rings. The number of rotatable bonds is 10. The Morgan fingerprint density at radius 2 is 0.902 bits per heavy atom. The van der Waals surface area contributed by atoms with Gasteiger partial charge in [-0.05, 0) is 72.5 Å². The topological polar surface area (TPSA) is 149 Å². The third-order valence-corrected chi connectivity index (χ3v) is 12.7. The van der Waals surface area contributed by atoms with Crippen LogP contribution in [0.15, 0.2) is 36.4 Å². The van der Waals surface area contributed by atoms with Crippen molar-refractivity contribution in [3.05, 3.63) is 68.4 Å². The molecule has 0 saturated heterocycles. The van der Waals surface area contributed by atoms with E-state index in [4.69, 9.17) is 0 Å². The number of aryl methyl sites for hydroxylation is 2. The molecule has 0 amide bonds. The molecule has 5 heterocycles. The molecular formula is C28H20O8S5. The standard InChI is InChI=1S/C28H20O8S5/c1-11-5-17(38-23(11)27(33)34)19-7-13(9-21(29)30)25(40-19)15-3-4-16(37-15)26-14(10-22(31)32)8-20(41-26)18-6-12(2)24(39-18)28(35)36/h3-8H,9-10H2,1-2H3,(H,29,30)(H,31,32)(H,33,34)(H,35,36).